The van der Waals surface area contributed by atoms with E-state index in [2.05, 4.69) is 29.3 Å². The molecule has 2 nitrogen and oxygen atoms in total. The molecule has 0 spiro atoms. The minimum atomic E-state index is 0.337. The smallest absolute Gasteiger partial charge is 0.0633 e. The Morgan fingerprint density at radius 2 is 1.89 bits per heavy atom. The van der Waals surface area contributed by atoms with Crippen molar-refractivity contribution in [2.45, 2.75) is 6.42 Å². The van der Waals surface area contributed by atoms with Gasteiger partial charge in [0.15, 0.2) is 0 Å². The van der Waals surface area contributed by atoms with E-state index in [0.717, 1.165) is 17.8 Å². The van der Waals surface area contributed by atoms with Crippen molar-refractivity contribution in [2.24, 2.45) is 10.9 Å². The van der Waals surface area contributed by atoms with Gasteiger partial charge in [0, 0.05) is 23.5 Å². The zero-order valence-corrected chi connectivity index (χ0v) is 10.7. The zero-order chi connectivity index (χ0) is 12.9. The third kappa shape index (κ3) is 2.91. The Balaban J connectivity index is 1.84. The number of nitrogens with one attached hydrogen (secondary N) is 1. The van der Waals surface area contributed by atoms with E-state index in [1.54, 1.807) is 0 Å². The van der Waals surface area contributed by atoms with Crippen LogP contribution in [0.5, 0.6) is 0 Å². The second-order valence-corrected chi connectivity index (χ2v) is 4.62. The van der Waals surface area contributed by atoms with E-state index < -0.39 is 0 Å². The average Bonchev–Trinajstić information content (AvgIpc) is 2.95. The molecule has 1 unspecified atom stereocenters. The average molecular weight is 248 g/mol. The lowest BCUT2D eigenvalue weighted by molar-refractivity contribution is 0.826. The summed E-state index contributed by atoms with van der Waals surface area (Å²) in [6.07, 6.45) is 11.4. The lowest BCUT2D eigenvalue weighted by atomic mass is 9.93. The molecular formula is C17H16N2. The van der Waals surface area contributed by atoms with Gasteiger partial charge < -0.3 is 4.98 Å². The van der Waals surface area contributed by atoms with Gasteiger partial charge in [0.1, 0.15) is 0 Å². The Morgan fingerprint density at radius 1 is 1.00 bits per heavy atom. The molecule has 3 rings (SSSR count). The maximum absolute atomic E-state index is 4.74. The number of allylic oxidation sites excluding steroid dienone is 4. The van der Waals surface area contributed by atoms with Crippen LogP contribution in [0.2, 0.25) is 0 Å². The van der Waals surface area contributed by atoms with E-state index in [9.17, 15) is 0 Å². The lowest BCUT2D eigenvalue weighted by Gasteiger charge is -2.15. The molecule has 1 heterocycles. The van der Waals surface area contributed by atoms with Crippen LogP contribution >= 0.6 is 0 Å². The summed E-state index contributed by atoms with van der Waals surface area (Å²) in [7, 11) is 0. The standard InChI is InChI=1S/C17H16N2/c1-2-8-15(9-3-1)19-17-11-5-4-7-14(17)13-16-10-6-12-18-16/h1-12,14,18H,13H2. The molecular weight excluding hydrogens is 232 g/mol. The summed E-state index contributed by atoms with van der Waals surface area (Å²) in [6, 6.07) is 14.3. The van der Waals surface area contributed by atoms with E-state index in [0.29, 0.717) is 5.92 Å². The highest BCUT2D eigenvalue weighted by atomic mass is 14.8. The molecule has 0 amide bonds. The Labute approximate surface area is 113 Å². The number of para-hydroxylation sites is 1. The van der Waals surface area contributed by atoms with E-state index >= 15 is 0 Å². The topological polar surface area (TPSA) is 28.1 Å². The number of nitrogens with zero attached hydrogens (tertiary/aromatic N) is 1. The Morgan fingerprint density at radius 3 is 2.68 bits per heavy atom. The molecule has 0 saturated carbocycles. The fourth-order valence-electron chi connectivity index (χ4n) is 2.25. The molecule has 19 heavy (non-hydrogen) atoms. The summed E-state index contributed by atoms with van der Waals surface area (Å²) in [4.78, 5) is 8.00. The molecule has 0 bridgehead atoms. The largest absolute Gasteiger partial charge is 0.365 e. The second kappa shape index (κ2) is 5.53. The van der Waals surface area contributed by atoms with Gasteiger partial charge in [-0.25, -0.2) is 0 Å². The van der Waals surface area contributed by atoms with Gasteiger partial charge in [-0.05, 0) is 36.8 Å². The fourth-order valence-corrected chi connectivity index (χ4v) is 2.25. The molecule has 1 aromatic carbocycles. The van der Waals surface area contributed by atoms with E-state index in [4.69, 9.17) is 4.99 Å². The Kier molecular flexibility index (Phi) is 3.41. The Hall–Kier alpha value is -2.35. The Bertz CT molecular complexity index is 604. The van der Waals surface area contributed by atoms with Gasteiger partial charge in [-0.2, -0.15) is 0 Å². The van der Waals surface area contributed by atoms with Gasteiger partial charge in [0.25, 0.3) is 0 Å². The third-order valence-electron chi connectivity index (χ3n) is 3.22. The number of aromatic nitrogens is 1. The van der Waals surface area contributed by atoms with Crippen molar-refractivity contribution in [2.75, 3.05) is 0 Å². The van der Waals surface area contributed by atoms with Crippen LogP contribution in [0.25, 0.3) is 0 Å². The summed E-state index contributed by atoms with van der Waals surface area (Å²) in [5.41, 5.74) is 3.36. The normalized spacial score (nSPS) is 20.0. The summed E-state index contributed by atoms with van der Waals surface area (Å²) in [5.74, 6) is 0.337. The van der Waals surface area contributed by atoms with E-state index in [1.165, 1.54) is 5.69 Å². The van der Waals surface area contributed by atoms with Crippen molar-refractivity contribution in [1.82, 2.24) is 4.98 Å². The SMILES string of the molecule is C1=CC(=Nc2ccccc2)C(Cc2ccc[nH]2)C=C1. The predicted molar refractivity (Wildman–Crippen MR) is 79.8 cm³/mol. The molecule has 1 aliphatic rings. The van der Waals surface area contributed by atoms with Crippen LogP contribution in [0.3, 0.4) is 0 Å². The van der Waals surface area contributed by atoms with Crippen LogP contribution in [0.4, 0.5) is 5.69 Å². The molecule has 1 N–H and O–H groups in total. The van der Waals surface area contributed by atoms with Crippen molar-refractivity contribution in [1.29, 1.82) is 0 Å². The van der Waals surface area contributed by atoms with Gasteiger partial charge in [-0.3, -0.25) is 4.99 Å². The number of hydrogen-bond acceptors (Lipinski definition) is 1. The number of benzene rings is 1. The van der Waals surface area contributed by atoms with Gasteiger partial charge in [0.2, 0.25) is 0 Å². The van der Waals surface area contributed by atoms with Crippen molar-refractivity contribution < 1.29 is 0 Å². The van der Waals surface area contributed by atoms with E-state index in [1.807, 2.05) is 48.7 Å². The van der Waals surface area contributed by atoms with Crippen LogP contribution in [0, 0.1) is 5.92 Å². The van der Waals surface area contributed by atoms with Crippen LogP contribution < -0.4 is 0 Å². The number of aromatic amines is 1. The van der Waals surface area contributed by atoms with Crippen molar-refractivity contribution in [3.8, 4) is 0 Å². The minimum absolute atomic E-state index is 0.337. The second-order valence-electron chi connectivity index (χ2n) is 4.62. The first-order valence-corrected chi connectivity index (χ1v) is 6.52. The first kappa shape index (κ1) is 11.7. The van der Waals surface area contributed by atoms with Crippen molar-refractivity contribution >= 4 is 11.4 Å². The first-order chi connectivity index (χ1) is 9.42. The lowest BCUT2D eigenvalue weighted by Crippen LogP contribution is -2.15. The molecule has 94 valence electrons. The quantitative estimate of drug-likeness (QED) is 0.848. The van der Waals surface area contributed by atoms with Crippen LogP contribution in [0.1, 0.15) is 5.69 Å². The fraction of sp³-hybridized carbons (Fsp3) is 0.118. The van der Waals surface area contributed by atoms with E-state index in [-0.39, 0.29) is 0 Å². The van der Waals surface area contributed by atoms with Crippen LogP contribution in [0.15, 0.2) is 78.0 Å². The third-order valence-corrected chi connectivity index (χ3v) is 3.22. The maximum Gasteiger partial charge on any atom is 0.0633 e. The summed E-state index contributed by atoms with van der Waals surface area (Å²) < 4.78 is 0. The maximum atomic E-state index is 4.74. The highest BCUT2D eigenvalue weighted by molar-refractivity contribution is 6.00. The summed E-state index contributed by atoms with van der Waals surface area (Å²) in [5, 5.41) is 0. The highest BCUT2D eigenvalue weighted by Gasteiger charge is 2.14. The molecule has 1 atom stereocenters. The molecule has 0 aliphatic heterocycles. The molecule has 2 aromatic rings. The van der Waals surface area contributed by atoms with Crippen molar-refractivity contribution in [3.05, 3.63) is 78.7 Å². The van der Waals surface area contributed by atoms with Gasteiger partial charge in [-0.15, -0.1) is 0 Å². The number of aliphatic imine (C=N–C) groups is 1. The summed E-state index contributed by atoms with van der Waals surface area (Å²) in [6.45, 7) is 0. The zero-order valence-electron chi connectivity index (χ0n) is 10.7. The molecule has 1 aromatic heterocycles. The number of H-pyrrole nitrogens is 1. The van der Waals surface area contributed by atoms with Crippen LogP contribution in [-0.4, -0.2) is 10.7 Å². The van der Waals surface area contributed by atoms with Crippen LogP contribution in [-0.2, 0) is 6.42 Å². The van der Waals surface area contributed by atoms with Gasteiger partial charge >= 0.3 is 0 Å². The molecule has 0 fully saturated rings. The molecule has 0 saturated heterocycles. The molecule has 1 aliphatic carbocycles. The monoisotopic (exact) mass is 248 g/mol. The highest BCUT2D eigenvalue weighted by Crippen LogP contribution is 2.19. The van der Waals surface area contributed by atoms with Crippen molar-refractivity contribution in [3.63, 3.8) is 0 Å². The molecule has 2 heteroatoms. The number of hydrogen-bond donors (Lipinski definition) is 1. The number of rotatable bonds is 3. The summed E-state index contributed by atoms with van der Waals surface area (Å²) >= 11 is 0. The van der Waals surface area contributed by atoms with Gasteiger partial charge in [-0.1, -0.05) is 36.4 Å². The molecule has 0 radical (unpaired) electrons. The van der Waals surface area contributed by atoms with Gasteiger partial charge in [0.05, 0.1) is 5.69 Å². The minimum Gasteiger partial charge on any atom is -0.365 e. The predicted octanol–water partition coefficient (Wildman–Crippen LogP) is 4.07. The first-order valence-electron chi connectivity index (χ1n) is 6.52.